The summed E-state index contributed by atoms with van der Waals surface area (Å²) in [6.45, 7) is 5.99. The van der Waals surface area contributed by atoms with Gasteiger partial charge in [-0.15, -0.1) is 0 Å². The Labute approximate surface area is 130 Å². The Balaban J connectivity index is 1.50. The summed E-state index contributed by atoms with van der Waals surface area (Å²) < 4.78 is 5.43. The first-order valence-electron chi connectivity index (χ1n) is 7.56. The van der Waals surface area contributed by atoms with Crippen LogP contribution >= 0.6 is 11.6 Å². The van der Waals surface area contributed by atoms with E-state index in [2.05, 4.69) is 21.9 Å². The second-order valence-electron chi connectivity index (χ2n) is 5.75. The number of benzene rings is 1. The summed E-state index contributed by atoms with van der Waals surface area (Å²) >= 11 is 5.93. The molecule has 114 valence electrons. The van der Waals surface area contributed by atoms with Crippen molar-refractivity contribution in [2.24, 2.45) is 5.92 Å². The van der Waals surface area contributed by atoms with E-state index in [1.807, 2.05) is 12.1 Å². The predicted octanol–water partition coefficient (Wildman–Crippen LogP) is 2.07. The lowest BCUT2D eigenvalue weighted by Gasteiger charge is -2.37. The minimum atomic E-state index is 0.0702. The molecule has 1 aromatic rings. The molecular formula is C16H21ClN2O2. The Morgan fingerprint density at radius 3 is 2.52 bits per heavy atom. The zero-order chi connectivity index (χ0) is 14.7. The van der Waals surface area contributed by atoms with Gasteiger partial charge in [0.25, 0.3) is 0 Å². The Bertz CT molecular complexity index is 484. The third-order valence-electron chi connectivity index (χ3n) is 4.31. The van der Waals surface area contributed by atoms with E-state index in [1.165, 1.54) is 5.69 Å². The van der Waals surface area contributed by atoms with Crippen LogP contribution in [-0.4, -0.2) is 56.6 Å². The van der Waals surface area contributed by atoms with E-state index in [1.54, 1.807) is 0 Å². The molecule has 2 saturated heterocycles. The molecule has 0 aromatic heterocycles. The molecule has 2 aliphatic rings. The van der Waals surface area contributed by atoms with Crippen LogP contribution in [0.5, 0.6) is 0 Å². The molecule has 0 N–H and O–H groups in total. The quantitative estimate of drug-likeness (QED) is 0.856. The second-order valence-corrected chi connectivity index (χ2v) is 6.19. The number of ketones is 1. The van der Waals surface area contributed by atoms with Crippen LogP contribution in [-0.2, 0) is 9.53 Å². The minimum absolute atomic E-state index is 0.0702. The van der Waals surface area contributed by atoms with Gasteiger partial charge in [0, 0.05) is 49.9 Å². The molecule has 5 heteroatoms. The zero-order valence-corrected chi connectivity index (χ0v) is 12.9. The fourth-order valence-corrected chi connectivity index (χ4v) is 3.13. The summed E-state index contributed by atoms with van der Waals surface area (Å²) in [5, 5.41) is 0.771. The van der Waals surface area contributed by atoms with E-state index >= 15 is 0 Å². The molecule has 1 atom stereocenters. The number of hydrogen-bond acceptors (Lipinski definition) is 4. The van der Waals surface area contributed by atoms with E-state index in [-0.39, 0.29) is 5.92 Å². The molecule has 1 aromatic carbocycles. The van der Waals surface area contributed by atoms with E-state index in [4.69, 9.17) is 16.3 Å². The summed E-state index contributed by atoms with van der Waals surface area (Å²) in [4.78, 5) is 16.6. The van der Waals surface area contributed by atoms with Gasteiger partial charge in [0.05, 0.1) is 19.1 Å². The molecule has 0 saturated carbocycles. The van der Waals surface area contributed by atoms with Gasteiger partial charge in [-0.3, -0.25) is 9.69 Å². The highest BCUT2D eigenvalue weighted by Gasteiger charge is 2.26. The maximum absolute atomic E-state index is 11.9. The van der Waals surface area contributed by atoms with Crippen LogP contribution in [0, 0.1) is 5.92 Å². The first-order chi connectivity index (χ1) is 10.2. The van der Waals surface area contributed by atoms with Crippen molar-refractivity contribution in [1.29, 1.82) is 0 Å². The van der Waals surface area contributed by atoms with Crippen molar-refractivity contribution in [3.05, 3.63) is 29.3 Å². The standard InChI is InChI=1S/C16H21ClN2O2/c17-14-1-3-15(4-2-14)19-8-6-18(7-9-19)11-13-12-21-10-5-16(13)20/h1-4,13H,5-12H2. The van der Waals surface area contributed by atoms with Gasteiger partial charge in [-0.2, -0.15) is 0 Å². The van der Waals surface area contributed by atoms with Gasteiger partial charge < -0.3 is 9.64 Å². The largest absolute Gasteiger partial charge is 0.380 e. The van der Waals surface area contributed by atoms with Crippen LogP contribution in [0.1, 0.15) is 6.42 Å². The lowest BCUT2D eigenvalue weighted by molar-refractivity contribution is -0.131. The normalized spacial score (nSPS) is 24.3. The van der Waals surface area contributed by atoms with Crippen molar-refractivity contribution in [2.45, 2.75) is 6.42 Å². The van der Waals surface area contributed by atoms with Gasteiger partial charge in [-0.25, -0.2) is 0 Å². The summed E-state index contributed by atoms with van der Waals surface area (Å²) in [6.07, 6.45) is 0.579. The van der Waals surface area contributed by atoms with Crippen molar-refractivity contribution < 1.29 is 9.53 Å². The number of anilines is 1. The summed E-state index contributed by atoms with van der Waals surface area (Å²) in [7, 11) is 0. The molecule has 0 amide bonds. The van der Waals surface area contributed by atoms with Crippen LogP contribution in [0.15, 0.2) is 24.3 Å². The van der Waals surface area contributed by atoms with Gasteiger partial charge >= 0.3 is 0 Å². The first kappa shape index (κ1) is 14.8. The first-order valence-corrected chi connectivity index (χ1v) is 7.93. The van der Waals surface area contributed by atoms with E-state index < -0.39 is 0 Å². The predicted molar refractivity (Wildman–Crippen MR) is 84.0 cm³/mol. The van der Waals surface area contributed by atoms with E-state index in [0.717, 1.165) is 37.7 Å². The van der Waals surface area contributed by atoms with Gasteiger partial charge in [0.2, 0.25) is 0 Å². The number of ether oxygens (including phenoxy) is 1. The maximum Gasteiger partial charge on any atom is 0.141 e. The summed E-state index contributed by atoms with van der Waals surface area (Å²) in [5.74, 6) is 0.433. The maximum atomic E-state index is 11.9. The van der Waals surface area contributed by atoms with Crippen molar-refractivity contribution in [3.63, 3.8) is 0 Å². The number of halogens is 1. The van der Waals surface area contributed by atoms with Crippen molar-refractivity contribution >= 4 is 23.1 Å². The van der Waals surface area contributed by atoms with Gasteiger partial charge in [-0.05, 0) is 24.3 Å². The molecule has 0 aliphatic carbocycles. The summed E-state index contributed by atoms with van der Waals surface area (Å²) in [5.41, 5.74) is 1.22. The number of rotatable bonds is 3. The molecule has 0 spiro atoms. The third-order valence-corrected chi connectivity index (χ3v) is 4.56. The highest BCUT2D eigenvalue weighted by molar-refractivity contribution is 6.30. The fraction of sp³-hybridized carbons (Fsp3) is 0.562. The van der Waals surface area contributed by atoms with Crippen molar-refractivity contribution in [2.75, 3.05) is 50.8 Å². The number of nitrogens with zero attached hydrogens (tertiary/aromatic N) is 2. The minimum Gasteiger partial charge on any atom is -0.380 e. The summed E-state index contributed by atoms with van der Waals surface area (Å²) in [6, 6.07) is 8.00. The Hall–Kier alpha value is -1.10. The molecule has 2 aliphatic heterocycles. The molecular weight excluding hydrogens is 288 g/mol. The molecule has 2 heterocycles. The Morgan fingerprint density at radius 1 is 1.14 bits per heavy atom. The van der Waals surface area contributed by atoms with Crippen LogP contribution < -0.4 is 4.90 Å². The average molecular weight is 309 g/mol. The number of carbonyl (C=O) groups excluding carboxylic acids is 1. The van der Waals surface area contributed by atoms with Crippen LogP contribution in [0.4, 0.5) is 5.69 Å². The van der Waals surface area contributed by atoms with Gasteiger partial charge in [-0.1, -0.05) is 11.6 Å². The average Bonchev–Trinajstić information content (AvgIpc) is 2.51. The highest BCUT2D eigenvalue weighted by Crippen LogP contribution is 2.20. The zero-order valence-electron chi connectivity index (χ0n) is 12.1. The lowest BCUT2D eigenvalue weighted by Crippen LogP contribution is -2.49. The number of carbonyl (C=O) groups is 1. The smallest absolute Gasteiger partial charge is 0.141 e. The lowest BCUT2D eigenvalue weighted by atomic mass is 9.99. The molecule has 21 heavy (non-hydrogen) atoms. The molecule has 1 unspecified atom stereocenters. The van der Waals surface area contributed by atoms with Crippen LogP contribution in [0.3, 0.4) is 0 Å². The fourth-order valence-electron chi connectivity index (χ4n) is 3.00. The molecule has 4 nitrogen and oxygen atoms in total. The van der Waals surface area contributed by atoms with Crippen molar-refractivity contribution in [1.82, 2.24) is 4.90 Å². The third kappa shape index (κ3) is 3.76. The second kappa shape index (κ2) is 6.77. The Kier molecular flexibility index (Phi) is 4.78. The van der Waals surface area contributed by atoms with E-state index in [9.17, 15) is 4.79 Å². The number of piperazine rings is 1. The molecule has 3 rings (SSSR count). The van der Waals surface area contributed by atoms with Crippen LogP contribution in [0.2, 0.25) is 5.02 Å². The van der Waals surface area contributed by atoms with Crippen molar-refractivity contribution in [3.8, 4) is 0 Å². The highest BCUT2D eigenvalue weighted by atomic mass is 35.5. The monoisotopic (exact) mass is 308 g/mol. The molecule has 0 bridgehead atoms. The Morgan fingerprint density at radius 2 is 1.86 bits per heavy atom. The SMILES string of the molecule is O=C1CCOCC1CN1CCN(c2ccc(Cl)cc2)CC1. The molecule has 2 fully saturated rings. The molecule has 0 radical (unpaired) electrons. The number of hydrogen-bond donors (Lipinski definition) is 0. The van der Waals surface area contributed by atoms with Gasteiger partial charge in [0.1, 0.15) is 5.78 Å². The van der Waals surface area contributed by atoms with Crippen LogP contribution in [0.25, 0.3) is 0 Å². The van der Waals surface area contributed by atoms with Gasteiger partial charge in [0.15, 0.2) is 0 Å². The topological polar surface area (TPSA) is 32.8 Å². The van der Waals surface area contributed by atoms with E-state index in [0.29, 0.717) is 25.4 Å². The number of Topliss-reactive ketones (excluding diaryl/α,β-unsaturated/α-hetero) is 1.